The Morgan fingerprint density at radius 2 is 2.39 bits per heavy atom. The first-order valence-corrected chi connectivity index (χ1v) is 6.83. The van der Waals surface area contributed by atoms with Crippen molar-refractivity contribution in [2.45, 2.75) is 4.34 Å². The zero-order chi connectivity index (χ0) is 13.0. The topological polar surface area (TPSA) is 52.1 Å². The summed E-state index contributed by atoms with van der Waals surface area (Å²) in [5, 5.41) is 7.49. The van der Waals surface area contributed by atoms with Crippen molar-refractivity contribution >= 4 is 28.9 Å². The van der Waals surface area contributed by atoms with Crippen LogP contribution in [0, 0.1) is 5.82 Å². The Morgan fingerprint density at radius 1 is 1.56 bits per heavy atom. The summed E-state index contributed by atoms with van der Waals surface area (Å²) in [6, 6.07) is 3.88. The van der Waals surface area contributed by atoms with E-state index in [4.69, 9.17) is 4.74 Å². The fourth-order valence-electron chi connectivity index (χ4n) is 1.33. The second kappa shape index (κ2) is 5.92. The Labute approximate surface area is 111 Å². The van der Waals surface area contributed by atoms with Gasteiger partial charge in [-0.3, -0.25) is 4.79 Å². The monoisotopic (exact) mass is 284 g/mol. The van der Waals surface area contributed by atoms with Gasteiger partial charge in [-0.2, -0.15) is 0 Å². The molecule has 0 N–H and O–H groups in total. The standard InChI is InChI=1S/C11H9FN2O2S2/c1-16-10-3-2-7(12)4-8(10)9(15)5-17-11-14-13-6-18-11/h2-4,6H,5H2,1H3. The molecule has 0 unspecified atom stereocenters. The molecule has 4 nitrogen and oxygen atoms in total. The molecule has 1 heterocycles. The summed E-state index contributed by atoms with van der Waals surface area (Å²) >= 11 is 2.63. The molecule has 0 saturated heterocycles. The molecule has 2 rings (SSSR count). The number of ether oxygens (including phenoxy) is 1. The van der Waals surface area contributed by atoms with Crippen LogP contribution >= 0.6 is 23.1 Å². The van der Waals surface area contributed by atoms with E-state index in [1.54, 1.807) is 5.51 Å². The van der Waals surface area contributed by atoms with E-state index < -0.39 is 5.82 Å². The minimum atomic E-state index is -0.458. The molecule has 7 heteroatoms. The minimum Gasteiger partial charge on any atom is -0.496 e. The molecule has 18 heavy (non-hydrogen) atoms. The third-order valence-electron chi connectivity index (χ3n) is 2.13. The van der Waals surface area contributed by atoms with Crippen LogP contribution in [-0.4, -0.2) is 28.8 Å². The van der Waals surface area contributed by atoms with Crippen molar-refractivity contribution < 1.29 is 13.9 Å². The lowest BCUT2D eigenvalue weighted by Gasteiger charge is -2.06. The molecule has 1 aromatic carbocycles. The van der Waals surface area contributed by atoms with Crippen LogP contribution in [0.25, 0.3) is 0 Å². The van der Waals surface area contributed by atoms with Crippen LogP contribution in [0.4, 0.5) is 4.39 Å². The number of Topliss-reactive ketones (excluding diaryl/α,β-unsaturated/α-hetero) is 1. The first kappa shape index (κ1) is 13.0. The quantitative estimate of drug-likeness (QED) is 0.624. The highest BCUT2D eigenvalue weighted by molar-refractivity contribution is 8.01. The van der Waals surface area contributed by atoms with Gasteiger partial charge in [-0.05, 0) is 18.2 Å². The average Bonchev–Trinajstić information content (AvgIpc) is 2.89. The van der Waals surface area contributed by atoms with Gasteiger partial charge in [0.2, 0.25) is 0 Å². The Kier molecular flexibility index (Phi) is 4.27. The Hall–Kier alpha value is -1.47. The first-order valence-electron chi connectivity index (χ1n) is 4.96. The van der Waals surface area contributed by atoms with Gasteiger partial charge in [0.15, 0.2) is 10.1 Å². The van der Waals surface area contributed by atoms with E-state index in [2.05, 4.69) is 10.2 Å². The molecule has 0 atom stereocenters. The van der Waals surface area contributed by atoms with E-state index in [9.17, 15) is 9.18 Å². The van der Waals surface area contributed by atoms with Crippen LogP contribution in [0.1, 0.15) is 10.4 Å². The summed E-state index contributed by atoms with van der Waals surface area (Å²) < 4.78 is 18.9. The SMILES string of the molecule is COc1ccc(F)cc1C(=O)CSc1nncs1. The maximum atomic E-state index is 13.1. The molecule has 0 amide bonds. The lowest BCUT2D eigenvalue weighted by molar-refractivity contribution is 0.101. The Morgan fingerprint density at radius 3 is 3.06 bits per heavy atom. The molecule has 0 saturated carbocycles. The van der Waals surface area contributed by atoms with Crippen LogP contribution < -0.4 is 4.74 Å². The van der Waals surface area contributed by atoms with Gasteiger partial charge in [-0.1, -0.05) is 23.1 Å². The smallest absolute Gasteiger partial charge is 0.176 e. The summed E-state index contributed by atoms with van der Waals surface area (Å²) in [6.07, 6.45) is 0. The number of methoxy groups -OCH3 is 1. The first-order chi connectivity index (χ1) is 8.70. The fourth-order valence-corrected chi connectivity index (χ4v) is 2.70. The lowest BCUT2D eigenvalue weighted by atomic mass is 10.1. The zero-order valence-electron chi connectivity index (χ0n) is 9.42. The van der Waals surface area contributed by atoms with E-state index in [0.29, 0.717) is 10.1 Å². The molecule has 94 valence electrons. The van der Waals surface area contributed by atoms with Crippen molar-refractivity contribution in [3.8, 4) is 5.75 Å². The van der Waals surface area contributed by atoms with Crippen molar-refractivity contribution in [2.24, 2.45) is 0 Å². The summed E-state index contributed by atoms with van der Waals surface area (Å²) in [5.41, 5.74) is 1.84. The Balaban J connectivity index is 2.10. The van der Waals surface area contributed by atoms with E-state index in [-0.39, 0.29) is 17.1 Å². The van der Waals surface area contributed by atoms with Crippen molar-refractivity contribution in [1.82, 2.24) is 10.2 Å². The second-order valence-corrected chi connectivity index (χ2v) is 5.32. The summed E-state index contributed by atoms with van der Waals surface area (Å²) in [6.45, 7) is 0. The van der Waals surface area contributed by atoms with Gasteiger partial charge >= 0.3 is 0 Å². The molecule has 1 aromatic heterocycles. The molecule has 0 spiro atoms. The highest BCUT2D eigenvalue weighted by Gasteiger charge is 2.14. The highest BCUT2D eigenvalue weighted by atomic mass is 32.2. The molecular formula is C11H9FN2O2S2. The van der Waals surface area contributed by atoms with Crippen LogP contribution in [0.15, 0.2) is 28.0 Å². The number of halogens is 1. The van der Waals surface area contributed by atoms with E-state index in [1.165, 1.54) is 48.4 Å². The van der Waals surface area contributed by atoms with Gasteiger partial charge in [-0.15, -0.1) is 10.2 Å². The van der Waals surface area contributed by atoms with Crippen molar-refractivity contribution in [3.63, 3.8) is 0 Å². The number of hydrogen-bond donors (Lipinski definition) is 0. The van der Waals surface area contributed by atoms with Gasteiger partial charge < -0.3 is 4.74 Å². The number of nitrogens with zero attached hydrogens (tertiary/aromatic N) is 2. The number of benzene rings is 1. The average molecular weight is 284 g/mol. The van der Waals surface area contributed by atoms with Gasteiger partial charge in [0, 0.05) is 0 Å². The van der Waals surface area contributed by atoms with Gasteiger partial charge in [0.05, 0.1) is 18.4 Å². The van der Waals surface area contributed by atoms with Crippen LogP contribution in [0.3, 0.4) is 0 Å². The Bertz CT molecular complexity index is 546. The highest BCUT2D eigenvalue weighted by Crippen LogP contribution is 2.24. The second-order valence-electron chi connectivity index (χ2n) is 3.26. The van der Waals surface area contributed by atoms with Crippen molar-refractivity contribution in [1.29, 1.82) is 0 Å². The summed E-state index contributed by atoms with van der Waals surface area (Å²) in [4.78, 5) is 12.0. The molecule has 0 radical (unpaired) electrons. The predicted molar refractivity (Wildman–Crippen MR) is 67.9 cm³/mol. The maximum absolute atomic E-state index is 13.1. The van der Waals surface area contributed by atoms with Crippen LogP contribution in [-0.2, 0) is 0 Å². The lowest BCUT2D eigenvalue weighted by Crippen LogP contribution is -2.05. The van der Waals surface area contributed by atoms with E-state index in [1.807, 2.05) is 0 Å². The fraction of sp³-hybridized carbons (Fsp3) is 0.182. The largest absolute Gasteiger partial charge is 0.496 e. The van der Waals surface area contributed by atoms with Gasteiger partial charge in [0.1, 0.15) is 17.1 Å². The third-order valence-corrected chi connectivity index (χ3v) is 3.99. The van der Waals surface area contributed by atoms with Crippen LogP contribution in [0.5, 0.6) is 5.75 Å². The molecule has 0 fully saturated rings. The summed E-state index contributed by atoms with van der Waals surface area (Å²) in [7, 11) is 1.45. The maximum Gasteiger partial charge on any atom is 0.176 e. The number of ketones is 1. The van der Waals surface area contributed by atoms with Crippen molar-refractivity contribution in [2.75, 3.05) is 12.9 Å². The van der Waals surface area contributed by atoms with Gasteiger partial charge in [-0.25, -0.2) is 4.39 Å². The number of hydrogen-bond acceptors (Lipinski definition) is 6. The number of carbonyl (C=O) groups excluding carboxylic acids is 1. The van der Waals surface area contributed by atoms with Crippen LogP contribution in [0.2, 0.25) is 0 Å². The molecule has 0 aliphatic rings. The number of rotatable bonds is 5. The number of carbonyl (C=O) groups is 1. The minimum absolute atomic E-state index is 0.176. The number of thioether (sulfide) groups is 1. The summed E-state index contributed by atoms with van der Waals surface area (Å²) in [5.74, 6) is -0.111. The van der Waals surface area contributed by atoms with E-state index in [0.717, 1.165) is 0 Å². The van der Waals surface area contributed by atoms with E-state index >= 15 is 0 Å². The molecule has 0 aliphatic carbocycles. The molecular weight excluding hydrogens is 275 g/mol. The predicted octanol–water partition coefficient (Wildman–Crippen LogP) is 2.66. The number of aromatic nitrogens is 2. The normalized spacial score (nSPS) is 10.3. The van der Waals surface area contributed by atoms with Crippen molar-refractivity contribution in [3.05, 3.63) is 35.1 Å². The molecule has 2 aromatic rings. The zero-order valence-corrected chi connectivity index (χ0v) is 11.1. The molecule has 0 bridgehead atoms. The molecule has 0 aliphatic heterocycles. The third kappa shape index (κ3) is 3.05. The van der Waals surface area contributed by atoms with Gasteiger partial charge in [0.25, 0.3) is 0 Å².